The third-order valence-corrected chi connectivity index (χ3v) is 6.08. The lowest BCUT2D eigenvalue weighted by atomic mass is 10.1. The maximum Gasteiger partial charge on any atom is 0.322 e. The van der Waals surface area contributed by atoms with Crippen LogP contribution in [0.4, 0.5) is 10.5 Å². The van der Waals surface area contributed by atoms with E-state index in [1.165, 1.54) is 0 Å². The maximum atomic E-state index is 12.7. The summed E-state index contributed by atoms with van der Waals surface area (Å²) in [6, 6.07) is 13.5. The van der Waals surface area contributed by atoms with Crippen molar-refractivity contribution >= 4 is 23.1 Å². The first-order valence-corrected chi connectivity index (χ1v) is 10.2. The molecule has 1 aliphatic heterocycles. The second-order valence-corrected chi connectivity index (χ2v) is 8.01. The number of aryl methyl sites for hydroxylation is 1. The van der Waals surface area contributed by atoms with Crippen LogP contribution in [0.3, 0.4) is 0 Å². The average Bonchev–Trinajstić information content (AvgIpc) is 3.18. The number of hydrogen-bond donors (Lipinski definition) is 1. The number of urea groups is 1. The molecule has 0 saturated heterocycles. The fourth-order valence-corrected chi connectivity index (χ4v) is 4.42. The fourth-order valence-electron chi connectivity index (χ4n) is 3.30. The predicted molar refractivity (Wildman–Crippen MR) is 115 cm³/mol. The molecule has 0 unspecified atom stereocenters. The standard InChI is InChI=1S/C22H23N3O3S/c1-14-4-7-16(8-5-14)23-22(26)25-11-10-17-20(13-25)29-21(24-17)15-6-9-18(27-2)19(12-15)28-3/h4-9,12H,10-11,13H2,1-3H3,(H,23,26). The van der Waals surface area contributed by atoms with Crippen LogP contribution in [0, 0.1) is 6.92 Å². The van der Waals surface area contributed by atoms with Crippen molar-refractivity contribution in [1.82, 2.24) is 9.88 Å². The molecule has 4 rings (SSSR count). The van der Waals surface area contributed by atoms with Crippen LogP contribution < -0.4 is 14.8 Å². The molecule has 2 heterocycles. The van der Waals surface area contributed by atoms with Gasteiger partial charge >= 0.3 is 6.03 Å². The molecule has 7 heteroatoms. The summed E-state index contributed by atoms with van der Waals surface area (Å²) < 4.78 is 10.7. The van der Waals surface area contributed by atoms with Crippen molar-refractivity contribution in [3.63, 3.8) is 0 Å². The first-order valence-electron chi connectivity index (χ1n) is 9.41. The zero-order chi connectivity index (χ0) is 20.4. The van der Waals surface area contributed by atoms with Crippen molar-refractivity contribution in [3.8, 4) is 22.1 Å². The molecule has 1 aromatic heterocycles. The third-order valence-electron chi connectivity index (χ3n) is 4.95. The van der Waals surface area contributed by atoms with Gasteiger partial charge in [0.15, 0.2) is 11.5 Å². The molecule has 150 valence electrons. The largest absolute Gasteiger partial charge is 0.493 e. The van der Waals surface area contributed by atoms with Crippen LogP contribution in [0.5, 0.6) is 11.5 Å². The van der Waals surface area contributed by atoms with Gasteiger partial charge in [-0.05, 0) is 37.3 Å². The Morgan fingerprint density at radius 2 is 1.86 bits per heavy atom. The van der Waals surface area contributed by atoms with Crippen LogP contribution in [0.1, 0.15) is 16.1 Å². The number of rotatable bonds is 4. The van der Waals surface area contributed by atoms with E-state index in [1.807, 2.05) is 54.3 Å². The molecule has 0 atom stereocenters. The number of hydrogen-bond acceptors (Lipinski definition) is 5. The number of benzene rings is 2. The van der Waals surface area contributed by atoms with Gasteiger partial charge in [-0.25, -0.2) is 9.78 Å². The molecule has 0 fully saturated rings. The summed E-state index contributed by atoms with van der Waals surface area (Å²) in [5.41, 5.74) is 4.02. The molecule has 1 N–H and O–H groups in total. The third kappa shape index (κ3) is 4.05. The van der Waals surface area contributed by atoms with Gasteiger partial charge in [-0.1, -0.05) is 17.7 Å². The molecular formula is C22H23N3O3S. The summed E-state index contributed by atoms with van der Waals surface area (Å²) in [6.07, 6.45) is 0.750. The molecule has 29 heavy (non-hydrogen) atoms. The monoisotopic (exact) mass is 409 g/mol. The highest BCUT2D eigenvalue weighted by molar-refractivity contribution is 7.15. The smallest absolute Gasteiger partial charge is 0.322 e. The minimum atomic E-state index is -0.0828. The first-order chi connectivity index (χ1) is 14.1. The van der Waals surface area contributed by atoms with Gasteiger partial charge in [-0.3, -0.25) is 0 Å². The lowest BCUT2D eigenvalue weighted by Gasteiger charge is -2.26. The summed E-state index contributed by atoms with van der Waals surface area (Å²) in [5.74, 6) is 1.37. The molecule has 6 nitrogen and oxygen atoms in total. The molecule has 2 aromatic carbocycles. The van der Waals surface area contributed by atoms with Crippen LogP contribution in [0.25, 0.3) is 10.6 Å². The number of fused-ring (bicyclic) bond motifs is 1. The van der Waals surface area contributed by atoms with E-state index in [9.17, 15) is 4.79 Å². The van der Waals surface area contributed by atoms with Crippen molar-refractivity contribution < 1.29 is 14.3 Å². The molecule has 0 aliphatic carbocycles. The van der Waals surface area contributed by atoms with E-state index >= 15 is 0 Å². The second kappa shape index (κ2) is 8.13. The zero-order valence-corrected chi connectivity index (χ0v) is 17.5. The van der Waals surface area contributed by atoms with Crippen LogP contribution in [-0.4, -0.2) is 36.7 Å². The molecule has 0 spiro atoms. The number of ether oxygens (including phenoxy) is 2. The molecule has 1 aliphatic rings. The molecule has 0 radical (unpaired) electrons. The van der Waals surface area contributed by atoms with Crippen LogP contribution in [0.15, 0.2) is 42.5 Å². The Labute approximate surface area is 174 Å². The van der Waals surface area contributed by atoms with Gasteiger partial charge in [0.05, 0.1) is 26.5 Å². The quantitative estimate of drug-likeness (QED) is 0.677. The Morgan fingerprint density at radius 1 is 1.10 bits per heavy atom. The molecule has 0 bridgehead atoms. The number of carbonyl (C=O) groups is 1. The molecular weight excluding hydrogens is 386 g/mol. The van der Waals surface area contributed by atoms with E-state index in [0.717, 1.165) is 38.8 Å². The number of thiazole rings is 1. The van der Waals surface area contributed by atoms with E-state index in [1.54, 1.807) is 25.6 Å². The maximum absolute atomic E-state index is 12.7. The Bertz CT molecular complexity index is 1030. The summed E-state index contributed by atoms with van der Waals surface area (Å²) in [6.45, 7) is 3.25. The lowest BCUT2D eigenvalue weighted by Crippen LogP contribution is -2.38. The summed E-state index contributed by atoms with van der Waals surface area (Å²) in [7, 11) is 3.24. The van der Waals surface area contributed by atoms with Gasteiger partial charge < -0.3 is 19.7 Å². The van der Waals surface area contributed by atoms with E-state index in [0.29, 0.717) is 24.6 Å². The molecule has 2 amide bonds. The number of carbonyl (C=O) groups excluding carboxylic acids is 1. The van der Waals surface area contributed by atoms with Crippen molar-refractivity contribution in [3.05, 3.63) is 58.6 Å². The number of amides is 2. The number of methoxy groups -OCH3 is 2. The number of anilines is 1. The van der Waals surface area contributed by atoms with Gasteiger partial charge in [-0.2, -0.15) is 0 Å². The Balaban J connectivity index is 1.50. The van der Waals surface area contributed by atoms with E-state index in [2.05, 4.69) is 5.32 Å². The number of aromatic nitrogens is 1. The zero-order valence-electron chi connectivity index (χ0n) is 16.7. The lowest BCUT2D eigenvalue weighted by molar-refractivity contribution is 0.207. The van der Waals surface area contributed by atoms with Gasteiger partial charge in [0, 0.05) is 29.1 Å². The van der Waals surface area contributed by atoms with Gasteiger partial charge in [0.2, 0.25) is 0 Å². The fraction of sp³-hybridized carbons (Fsp3) is 0.273. The number of nitrogens with zero attached hydrogens (tertiary/aromatic N) is 2. The van der Waals surface area contributed by atoms with Crippen molar-refractivity contribution in [1.29, 1.82) is 0 Å². The SMILES string of the molecule is COc1ccc(-c2nc3c(s2)CN(C(=O)Nc2ccc(C)cc2)CC3)cc1OC. The minimum absolute atomic E-state index is 0.0828. The summed E-state index contributed by atoms with van der Waals surface area (Å²) >= 11 is 1.62. The minimum Gasteiger partial charge on any atom is -0.493 e. The predicted octanol–water partition coefficient (Wildman–Crippen LogP) is 4.73. The molecule has 0 saturated carbocycles. The highest BCUT2D eigenvalue weighted by atomic mass is 32.1. The Kier molecular flexibility index (Phi) is 5.40. The van der Waals surface area contributed by atoms with E-state index < -0.39 is 0 Å². The first kappa shape index (κ1) is 19.3. The van der Waals surface area contributed by atoms with E-state index in [-0.39, 0.29) is 6.03 Å². The second-order valence-electron chi connectivity index (χ2n) is 6.93. The number of nitrogens with one attached hydrogen (secondary N) is 1. The van der Waals surface area contributed by atoms with Gasteiger partial charge in [0.1, 0.15) is 5.01 Å². The highest BCUT2D eigenvalue weighted by Gasteiger charge is 2.25. The van der Waals surface area contributed by atoms with Crippen molar-refractivity contribution in [2.45, 2.75) is 19.9 Å². The van der Waals surface area contributed by atoms with Crippen molar-refractivity contribution in [2.24, 2.45) is 0 Å². The average molecular weight is 410 g/mol. The summed E-state index contributed by atoms with van der Waals surface area (Å²) in [4.78, 5) is 20.4. The Morgan fingerprint density at radius 3 is 2.59 bits per heavy atom. The summed E-state index contributed by atoms with van der Waals surface area (Å²) in [5, 5.41) is 3.90. The highest BCUT2D eigenvalue weighted by Crippen LogP contribution is 2.36. The topological polar surface area (TPSA) is 63.7 Å². The van der Waals surface area contributed by atoms with Crippen molar-refractivity contribution in [2.75, 3.05) is 26.1 Å². The van der Waals surface area contributed by atoms with Crippen LogP contribution in [0.2, 0.25) is 0 Å². The van der Waals surface area contributed by atoms with Crippen LogP contribution >= 0.6 is 11.3 Å². The normalized spacial score (nSPS) is 13.0. The van der Waals surface area contributed by atoms with E-state index in [4.69, 9.17) is 14.5 Å². The van der Waals surface area contributed by atoms with Gasteiger partial charge in [0.25, 0.3) is 0 Å². The van der Waals surface area contributed by atoms with Crippen LogP contribution in [-0.2, 0) is 13.0 Å². The van der Waals surface area contributed by atoms with Gasteiger partial charge in [-0.15, -0.1) is 11.3 Å². The Hall–Kier alpha value is -3.06. The molecule has 3 aromatic rings.